The Kier molecular flexibility index (Phi) is 10.0. The number of nitrogens with zero attached hydrogens (tertiary/aromatic N) is 1. The van der Waals surface area contributed by atoms with Gasteiger partial charge in [-0.05, 0) is 94.0 Å². The van der Waals surface area contributed by atoms with E-state index in [4.69, 9.17) is 4.74 Å². The Balaban J connectivity index is 1.86. The van der Waals surface area contributed by atoms with Gasteiger partial charge in [-0.3, -0.25) is 4.90 Å². The molecule has 0 bridgehead atoms. The molecule has 1 aromatic carbocycles. The largest absolute Gasteiger partial charge is 0.508 e. The number of likely N-dealkylation sites (tertiary alicyclic amines) is 1. The number of hydrogen-bond donors (Lipinski definition) is 2. The van der Waals surface area contributed by atoms with Gasteiger partial charge >= 0.3 is 0 Å². The Morgan fingerprint density at radius 1 is 1.09 bits per heavy atom. The summed E-state index contributed by atoms with van der Waals surface area (Å²) in [5.74, 6) is 1.48. The van der Waals surface area contributed by atoms with Crippen molar-refractivity contribution in [2.24, 2.45) is 5.92 Å². The molecule has 178 valence electrons. The maximum Gasteiger partial charge on any atom is 0.115 e. The molecular weight excluding hydrogens is 410 g/mol. The standard InChI is InChI=1S/C29H39NO3/c1-23(12-13-24(2)33-22-20-30-18-6-7-19-30)29(26-14-16-27(32)17-15-26)28(11-8-21-31)25-9-4-3-5-10-25/h3-5,9,12-17,25,31-32H,6-8,10-11,18-22H2,1-2H3/b23-12+,24-13+,29-28+/t25-/m1/s1. The zero-order valence-corrected chi connectivity index (χ0v) is 20.2. The second-order valence-corrected chi connectivity index (χ2v) is 8.95. The Bertz CT molecular complexity index is 899. The lowest BCUT2D eigenvalue weighted by molar-refractivity contribution is 0.173. The molecule has 1 aliphatic heterocycles. The molecule has 1 aromatic rings. The van der Waals surface area contributed by atoms with Crippen molar-refractivity contribution < 1.29 is 14.9 Å². The quantitative estimate of drug-likeness (QED) is 0.321. The van der Waals surface area contributed by atoms with Crippen molar-refractivity contribution in [3.05, 3.63) is 83.2 Å². The molecule has 33 heavy (non-hydrogen) atoms. The second kappa shape index (κ2) is 13.2. The maximum absolute atomic E-state index is 9.83. The molecule has 0 amide bonds. The van der Waals surface area contributed by atoms with Crippen LogP contribution in [0.5, 0.6) is 5.75 Å². The molecule has 0 radical (unpaired) electrons. The van der Waals surface area contributed by atoms with Crippen LogP contribution in [0.1, 0.15) is 51.5 Å². The van der Waals surface area contributed by atoms with Crippen LogP contribution in [0.3, 0.4) is 0 Å². The summed E-state index contributed by atoms with van der Waals surface area (Å²) >= 11 is 0. The normalized spacial score (nSPS) is 20.3. The number of aliphatic hydroxyl groups excluding tert-OH is 1. The number of rotatable bonds is 11. The number of phenolic OH excluding ortho intramolecular Hbond substituents is 1. The molecular formula is C29H39NO3. The van der Waals surface area contributed by atoms with Gasteiger partial charge in [0.2, 0.25) is 0 Å². The fraction of sp³-hybridized carbons (Fsp3) is 0.448. The number of ether oxygens (including phenoxy) is 1. The molecule has 0 aromatic heterocycles. The van der Waals surface area contributed by atoms with Gasteiger partial charge in [0, 0.05) is 19.1 Å². The van der Waals surface area contributed by atoms with Crippen LogP contribution in [0.2, 0.25) is 0 Å². The minimum absolute atomic E-state index is 0.172. The third-order valence-electron chi connectivity index (χ3n) is 6.41. The van der Waals surface area contributed by atoms with E-state index in [1.54, 1.807) is 12.1 Å². The molecule has 3 rings (SSSR count). The van der Waals surface area contributed by atoms with Crippen LogP contribution in [0.25, 0.3) is 5.57 Å². The van der Waals surface area contributed by atoms with Crippen LogP contribution < -0.4 is 0 Å². The number of aliphatic hydroxyl groups is 1. The SMILES string of the molecule is C\C(=C/C=C(C)/C(=C(/CCCO)[C@@H]1C=CC=CC1)c1ccc(O)cc1)OCCN1CCCC1. The van der Waals surface area contributed by atoms with E-state index in [-0.39, 0.29) is 12.4 Å². The Morgan fingerprint density at radius 2 is 1.85 bits per heavy atom. The fourth-order valence-corrected chi connectivity index (χ4v) is 4.61. The van der Waals surface area contributed by atoms with Crippen LogP contribution >= 0.6 is 0 Å². The molecule has 1 aliphatic carbocycles. The van der Waals surface area contributed by atoms with Crippen LogP contribution in [0.15, 0.2) is 77.6 Å². The molecule has 1 heterocycles. The van der Waals surface area contributed by atoms with Crippen molar-refractivity contribution in [3.8, 4) is 5.75 Å². The summed E-state index contributed by atoms with van der Waals surface area (Å²) in [5, 5.41) is 19.4. The van der Waals surface area contributed by atoms with Crippen LogP contribution in [0.4, 0.5) is 0 Å². The summed E-state index contributed by atoms with van der Waals surface area (Å²) in [6.45, 7) is 8.40. The number of benzene rings is 1. The molecule has 2 aliphatic rings. The average molecular weight is 450 g/mol. The lowest BCUT2D eigenvalue weighted by atomic mass is 9.81. The fourth-order valence-electron chi connectivity index (χ4n) is 4.61. The molecule has 1 saturated heterocycles. The first-order valence-corrected chi connectivity index (χ1v) is 12.3. The van der Waals surface area contributed by atoms with Crippen LogP contribution in [-0.4, -0.2) is 48.0 Å². The molecule has 2 N–H and O–H groups in total. The Hall–Kier alpha value is -2.56. The van der Waals surface area contributed by atoms with Gasteiger partial charge in [-0.1, -0.05) is 48.1 Å². The first kappa shape index (κ1) is 25.1. The van der Waals surface area contributed by atoms with E-state index in [9.17, 15) is 10.2 Å². The van der Waals surface area contributed by atoms with Gasteiger partial charge in [-0.25, -0.2) is 0 Å². The summed E-state index contributed by atoms with van der Waals surface area (Å²) in [6, 6.07) is 7.44. The van der Waals surface area contributed by atoms with Gasteiger partial charge in [0.1, 0.15) is 12.4 Å². The zero-order chi connectivity index (χ0) is 23.5. The molecule has 0 saturated carbocycles. The summed E-state index contributed by atoms with van der Waals surface area (Å²) in [6.07, 6.45) is 18.0. The van der Waals surface area contributed by atoms with E-state index in [0.29, 0.717) is 5.92 Å². The van der Waals surface area contributed by atoms with Crippen molar-refractivity contribution in [2.75, 3.05) is 32.8 Å². The van der Waals surface area contributed by atoms with Gasteiger partial charge in [-0.2, -0.15) is 0 Å². The summed E-state index contributed by atoms with van der Waals surface area (Å²) in [7, 11) is 0. The van der Waals surface area contributed by atoms with Gasteiger partial charge in [0.15, 0.2) is 0 Å². The highest BCUT2D eigenvalue weighted by Crippen LogP contribution is 2.36. The van der Waals surface area contributed by atoms with Gasteiger partial charge in [-0.15, -0.1) is 0 Å². The van der Waals surface area contributed by atoms with Gasteiger partial charge in [0.25, 0.3) is 0 Å². The van der Waals surface area contributed by atoms with Crippen molar-refractivity contribution in [1.29, 1.82) is 0 Å². The smallest absolute Gasteiger partial charge is 0.115 e. The molecule has 0 spiro atoms. The maximum atomic E-state index is 9.83. The molecule has 0 unspecified atom stereocenters. The molecule has 1 fully saturated rings. The molecule has 4 heteroatoms. The number of phenols is 1. The Labute approximate surface area is 199 Å². The monoisotopic (exact) mass is 449 g/mol. The summed E-state index contributed by atoms with van der Waals surface area (Å²) in [4.78, 5) is 2.46. The molecule has 4 nitrogen and oxygen atoms in total. The summed E-state index contributed by atoms with van der Waals surface area (Å²) in [5.41, 5.74) is 4.75. The number of hydrogen-bond acceptors (Lipinski definition) is 4. The number of allylic oxidation sites excluding steroid dienone is 10. The lowest BCUT2D eigenvalue weighted by Gasteiger charge is -2.23. The highest BCUT2D eigenvalue weighted by molar-refractivity contribution is 5.82. The van der Waals surface area contributed by atoms with E-state index >= 15 is 0 Å². The van der Waals surface area contributed by atoms with Gasteiger partial charge < -0.3 is 14.9 Å². The second-order valence-electron chi connectivity index (χ2n) is 8.95. The van der Waals surface area contributed by atoms with E-state index in [0.717, 1.165) is 49.3 Å². The Morgan fingerprint density at radius 3 is 2.52 bits per heavy atom. The van der Waals surface area contributed by atoms with Crippen molar-refractivity contribution >= 4 is 5.57 Å². The van der Waals surface area contributed by atoms with Crippen molar-refractivity contribution in [2.45, 2.75) is 46.0 Å². The predicted octanol–water partition coefficient (Wildman–Crippen LogP) is 6.01. The van der Waals surface area contributed by atoms with Crippen LogP contribution in [0, 0.1) is 5.92 Å². The minimum Gasteiger partial charge on any atom is -0.508 e. The first-order chi connectivity index (χ1) is 16.1. The average Bonchev–Trinajstić information content (AvgIpc) is 3.35. The van der Waals surface area contributed by atoms with E-state index in [2.05, 4.69) is 48.3 Å². The zero-order valence-electron chi connectivity index (χ0n) is 20.2. The topological polar surface area (TPSA) is 52.9 Å². The third kappa shape index (κ3) is 7.76. The first-order valence-electron chi connectivity index (χ1n) is 12.3. The lowest BCUT2D eigenvalue weighted by Crippen LogP contribution is -2.23. The third-order valence-corrected chi connectivity index (χ3v) is 6.41. The highest BCUT2D eigenvalue weighted by atomic mass is 16.5. The van der Waals surface area contributed by atoms with Gasteiger partial charge in [0.05, 0.1) is 5.76 Å². The van der Waals surface area contributed by atoms with Crippen molar-refractivity contribution in [1.82, 2.24) is 4.90 Å². The van der Waals surface area contributed by atoms with Crippen molar-refractivity contribution in [3.63, 3.8) is 0 Å². The van der Waals surface area contributed by atoms with Crippen LogP contribution in [-0.2, 0) is 4.74 Å². The molecule has 1 atom stereocenters. The van der Waals surface area contributed by atoms with E-state index in [1.165, 1.54) is 37.1 Å². The predicted molar refractivity (Wildman–Crippen MR) is 137 cm³/mol. The number of aromatic hydroxyl groups is 1. The van der Waals surface area contributed by atoms with E-state index in [1.807, 2.05) is 19.1 Å². The van der Waals surface area contributed by atoms with E-state index < -0.39 is 0 Å². The highest BCUT2D eigenvalue weighted by Gasteiger charge is 2.19. The minimum atomic E-state index is 0.172. The summed E-state index contributed by atoms with van der Waals surface area (Å²) < 4.78 is 5.97.